The molecule has 0 aliphatic carbocycles. The van der Waals surface area contributed by atoms with Gasteiger partial charge in [0.05, 0.1) is 16.0 Å². The maximum Gasteiger partial charge on any atom is 0.417 e. The van der Waals surface area contributed by atoms with E-state index in [1.807, 2.05) is 30.3 Å². The van der Waals surface area contributed by atoms with E-state index in [4.69, 9.17) is 23.2 Å². The Kier molecular flexibility index (Phi) is 4.96. The van der Waals surface area contributed by atoms with Crippen molar-refractivity contribution in [3.05, 3.63) is 58.7 Å². The first kappa shape index (κ1) is 15.9. The van der Waals surface area contributed by atoms with Gasteiger partial charge in [-0.05, 0) is 11.6 Å². The lowest BCUT2D eigenvalue weighted by Gasteiger charge is -2.13. The van der Waals surface area contributed by atoms with E-state index in [-0.39, 0.29) is 16.2 Å². The Morgan fingerprint density at radius 1 is 1.19 bits per heavy atom. The monoisotopic (exact) mass is 334 g/mol. The van der Waals surface area contributed by atoms with Gasteiger partial charge in [0.2, 0.25) is 0 Å². The molecule has 1 aromatic heterocycles. The van der Waals surface area contributed by atoms with E-state index < -0.39 is 11.7 Å². The normalized spacial score (nSPS) is 13.0. The number of halogens is 5. The summed E-state index contributed by atoms with van der Waals surface area (Å²) in [6.07, 6.45) is -3.73. The second-order valence-corrected chi connectivity index (χ2v) is 5.25. The molecule has 21 heavy (non-hydrogen) atoms. The lowest BCUT2D eigenvalue weighted by molar-refractivity contribution is -0.137. The van der Waals surface area contributed by atoms with Crippen LogP contribution in [0.4, 0.5) is 19.0 Å². The van der Waals surface area contributed by atoms with Crippen LogP contribution in [0, 0.1) is 0 Å². The van der Waals surface area contributed by atoms with E-state index in [0.29, 0.717) is 6.54 Å². The number of anilines is 1. The standard InChI is InChI=1S/C14H11Cl2F3N2/c15-11-6-10(14(17,18)19)7-20-13(11)21-8-12(16)9-4-2-1-3-5-9/h1-7,12H,8H2,(H,20,21). The van der Waals surface area contributed by atoms with Gasteiger partial charge >= 0.3 is 6.18 Å². The van der Waals surface area contributed by atoms with Crippen molar-refractivity contribution >= 4 is 29.0 Å². The summed E-state index contributed by atoms with van der Waals surface area (Å²) in [5.74, 6) is 0.172. The number of hydrogen-bond acceptors (Lipinski definition) is 2. The van der Waals surface area contributed by atoms with Crippen molar-refractivity contribution < 1.29 is 13.2 Å². The fourth-order valence-electron chi connectivity index (χ4n) is 1.69. The summed E-state index contributed by atoms with van der Waals surface area (Å²) in [5.41, 5.74) is 0.0123. The summed E-state index contributed by atoms with van der Waals surface area (Å²) in [7, 11) is 0. The van der Waals surface area contributed by atoms with Gasteiger partial charge in [-0.15, -0.1) is 11.6 Å². The van der Waals surface area contributed by atoms with Crippen LogP contribution in [-0.2, 0) is 6.18 Å². The number of nitrogens with zero attached hydrogens (tertiary/aromatic N) is 1. The minimum atomic E-state index is -4.46. The average molecular weight is 335 g/mol. The van der Waals surface area contributed by atoms with Crippen LogP contribution in [0.15, 0.2) is 42.6 Å². The van der Waals surface area contributed by atoms with Gasteiger partial charge in [-0.25, -0.2) is 4.98 Å². The molecule has 2 aromatic rings. The molecule has 0 aliphatic rings. The van der Waals surface area contributed by atoms with Crippen LogP contribution in [0.5, 0.6) is 0 Å². The summed E-state index contributed by atoms with van der Waals surface area (Å²) < 4.78 is 37.5. The van der Waals surface area contributed by atoms with Gasteiger partial charge in [-0.2, -0.15) is 13.2 Å². The summed E-state index contributed by atoms with van der Waals surface area (Å²) in [5, 5.41) is 2.41. The Morgan fingerprint density at radius 3 is 2.43 bits per heavy atom. The number of aromatic nitrogens is 1. The number of alkyl halides is 4. The summed E-state index contributed by atoms with van der Waals surface area (Å²) in [6, 6.07) is 10.1. The minimum absolute atomic E-state index is 0.0956. The second-order valence-electron chi connectivity index (χ2n) is 4.31. The summed E-state index contributed by atoms with van der Waals surface area (Å²) in [6.45, 7) is 0.295. The van der Waals surface area contributed by atoms with Crippen molar-refractivity contribution in [2.24, 2.45) is 0 Å². The number of benzene rings is 1. The lowest BCUT2D eigenvalue weighted by atomic mass is 10.1. The Bertz CT molecular complexity index is 603. The molecule has 0 aliphatic heterocycles. The Balaban J connectivity index is 2.04. The zero-order valence-electron chi connectivity index (χ0n) is 10.7. The van der Waals surface area contributed by atoms with Gasteiger partial charge in [0, 0.05) is 12.7 Å². The smallest absolute Gasteiger partial charge is 0.367 e. The Labute approximate surface area is 129 Å². The Morgan fingerprint density at radius 2 is 1.86 bits per heavy atom. The van der Waals surface area contributed by atoms with Crippen LogP contribution < -0.4 is 5.32 Å². The lowest BCUT2D eigenvalue weighted by Crippen LogP contribution is -2.11. The highest BCUT2D eigenvalue weighted by atomic mass is 35.5. The zero-order valence-corrected chi connectivity index (χ0v) is 12.2. The first-order chi connectivity index (χ1) is 9.88. The second kappa shape index (κ2) is 6.54. The van der Waals surface area contributed by atoms with Crippen LogP contribution in [-0.4, -0.2) is 11.5 Å². The van der Waals surface area contributed by atoms with Crippen LogP contribution in [0.3, 0.4) is 0 Å². The molecule has 1 N–H and O–H groups in total. The van der Waals surface area contributed by atoms with Crippen molar-refractivity contribution in [2.45, 2.75) is 11.6 Å². The number of pyridine rings is 1. The third-order valence-electron chi connectivity index (χ3n) is 2.78. The molecule has 1 unspecified atom stereocenters. The largest absolute Gasteiger partial charge is 0.417 e. The van der Waals surface area contributed by atoms with Crippen LogP contribution in [0.1, 0.15) is 16.5 Å². The predicted molar refractivity (Wildman–Crippen MR) is 77.8 cm³/mol. The highest BCUT2D eigenvalue weighted by Gasteiger charge is 2.31. The van der Waals surface area contributed by atoms with Crippen LogP contribution >= 0.6 is 23.2 Å². The van der Waals surface area contributed by atoms with Crippen LogP contribution in [0.2, 0.25) is 5.02 Å². The molecule has 0 fully saturated rings. The molecule has 0 bridgehead atoms. The van der Waals surface area contributed by atoms with E-state index in [1.165, 1.54) is 0 Å². The molecule has 7 heteroatoms. The molecule has 112 valence electrons. The van der Waals surface area contributed by atoms with Gasteiger partial charge in [0.25, 0.3) is 0 Å². The quantitative estimate of drug-likeness (QED) is 0.782. The van der Waals surface area contributed by atoms with Gasteiger partial charge in [0.1, 0.15) is 5.82 Å². The molecule has 2 nitrogen and oxygen atoms in total. The van der Waals surface area contributed by atoms with Gasteiger partial charge < -0.3 is 5.32 Å². The topological polar surface area (TPSA) is 24.9 Å². The van der Waals surface area contributed by atoms with Gasteiger partial charge in [0.15, 0.2) is 0 Å². The summed E-state index contributed by atoms with van der Waals surface area (Å²) >= 11 is 12.0. The SMILES string of the molecule is FC(F)(F)c1cnc(NCC(Cl)c2ccccc2)c(Cl)c1. The number of hydrogen-bond donors (Lipinski definition) is 1. The molecular weight excluding hydrogens is 324 g/mol. The molecule has 2 rings (SSSR count). The molecule has 1 atom stereocenters. The van der Waals surface area contributed by atoms with E-state index in [9.17, 15) is 13.2 Å². The third-order valence-corrected chi connectivity index (χ3v) is 3.47. The van der Waals surface area contributed by atoms with Gasteiger partial charge in [-0.3, -0.25) is 0 Å². The third kappa shape index (κ3) is 4.25. The first-order valence-electron chi connectivity index (χ1n) is 6.03. The van der Waals surface area contributed by atoms with Gasteiger partial charge in [-0.1, -0.05) is 41.9 Å². The van der Waals surface area contributed by atoms with Crippen LogP contribution in [0.25, 0.3) is 0 Å². The molecule has 0 saturated heterocycles. The average Bonchev–Trinajstić information content (AvgIpc) is 2.45. The van der Waals surface area contributed by atoms with E-state index in [0.717, 1.165) is 17.8 Å². The molecule has 0 spiro atoms. The zero-order chi connectivity index (χ0) is 15.5. The first-order valence-corrected chi connectivity index (χ1v) is 6.85. The highest BCUT2D eigenvalue weighted by Crippen LogP contribution is 2.32. The maximum atomic E-state index is 12.5. The molecule has 0 radical (unpaired) electrons. The van der Waals surface area contributed by atoms with Crippen molar-refractivity contribution in [1.82, 2.24) is 4.98 Å². The van der Waals surface area contributed by atoms with E-state index in [2.05, 4.69) is 10.3 Å². The molecular formula is C14H11Cl2F3N2. The predicted octanol–water partition coefficient (Wildman–Crippen LogP) is 5.15. The number of nitrogens with one attached hydrogen (secondary N) is 1. The fraction of sp³-hybridized carbons (Fsp3) is 0.214. The minimum Gasteiger partial charge on any atom is -0.367 e. The maximum absolute atomic E-state index is 12.5. The van der Waals surface area contributed by atoms with Crippen molar-refractivity contribution in [3.63, 3.8) is 0 Å². The highest BCUT2D eigenvalue weighted by molar-refractivity contribution is 6.33. The molecule has 1 aromatic carbocycles. The molecule has 0 amide bonds. The van der Waals surface area contributed by atoms with Crippen molar-refractivity contribution in [2.75, 3.05) is 11.9 Å². The van der Waals surface area contributed by atoms with Crippen molar-refractivity contribution in [1.29, 1.82) is 0 Å². The molecule has 1 heterocycles. The summed E-state index contributed by atoms with van der Waals surface area (Å²) in [4.78, 5) is 3.69. The fourth-order valence-corrected chi connectivity index (χ4v) is 2.14. The number of rotatable bonds is 4. The van der Waals surface area contributed by atoms with E-state index >= 15 is 0 Å². The Hall–Kier alpha value is -1.46. The van der Waals surface area contributed by atoms with E-state index in [1.54, 1.807) is 0 Å². The van der Waals surface area contributed by atoms with Crippen molar-refractivity contribution in [3.8, 4) is 0 Å². The molecule has 0 saturated carbocycles.